The number of hydrogen-bond donors (Lipinski definition) is 0. The van der Waals surface area contributed by atoms with Crippen molar-refractivity contribution in [2.24, 2.45) is 0 Å². The Morgan fingerprint density at radius 1 is 0.968 bits per heavy atom. The fraction of sp³-hybridized carbons (Fsp3) is 0.519. The third-order valence-corrected chi connectivity index (χ3v) is 7.13. The highest BCUT2D eigenvalue weighted by atomic mass is 16.5. The fourth-order valence-electron chi connectivity index (χ4n) is 5.00. The Morgan fingerprint density at radius 3 is 2.23 bits per heavy atom. The van der Waals surface area contributed by atoms with Crippen molar-refractivity contribution in [2.75, 3.05) is 33.4 Å². The molecule has 2 heterocycles. The predicted molar refractivity (Wildman–Crippen MR) is 124 cm³/mol. The maximum atomic E-state index is 9.40. The van der Waals surface area contributed by atoms with Crippen molar-refractivity contribution in [1.29, 1.82) is 5.26 Å². The lowest BCUT2D eigenvalue weighted by atomic mass is 9.84. The van der Waals surface area contributed by atoms with Gasteiger partial charge in [0.25, 0.3) is 0 Å². The number of ether oxygens (including phenoxy) is 2. The molecule has 164 valence electrons. The summed E-state index contributed by atoms with van der Waals surface area (Å²) in [6, 6.07) is 18.1. The molecule has 4 rings (SSSR count). The second-order valence-corrected chi connectivity index (χ2v) is 9.42. The van der Waals surface area contributed by atoms with Crippen LogP contribution >= 0.6 is 0 Å². The summed E-state index contributed by atoms with van der Waals surface area (Å²) >= 11 is 0. The van der Waals surface area contributed by atoms with E-state index in [0.717, 1.165) is 37.6 Å². The van der Waals surface area contributed by atoms with Gasteiger partial charge in [0.2, 0.25) is 0 Å². The van der Waals surface area contributed by atoms with Gasteiger partial charge in [-0.3, -0.25) is 0 Å². The number of nitrogens with zero attached hydrogens (tertiary/aromatic N) is 2. The summed E-state index contributed by atoms with van der Waals surface area (Å²) in [5.74, 6) is 1.53. The molecule has 2 saturated heterocycles. The number of methoxy groups -OCH3 is 1. The monoisotopic (exact) mass is 418 g/mol. The van der Waals surface area contributed by atoms with Gasteiger partial charge in [0.1, 0.15) is 5.75 Å². The first-order valence-electron chi connectivity index (χ1n) is 11.5. The van der Waals surface area contributed by atoms with Crippen molar-refractivity contribution >= 4 is 0 Å². The van der Waals surface area contributed by atoms with Gasteiger partial charge in [-0.05, 0) is 92.9 Å². The van der Waals surface area contributed by atoms with Gasteiger partial charge in [0.05, 0.1) is 18.6 Å². The van der Waals surface area contributed by atoms with Crippen LogP contribution in [0.25, 0.3) is 11.1 Å². The van der Waals surface area contributed by atoms with E-state index in [1.807, 2.05) is 13.8 Å². The number of benzene rings is 2. The van der Waals surface area contributed by atoms with Crippen LogP contribution in [-0.4, -0.2) is 44.4 Å². The van der Waals surface area contributed by atoms with Gasteiger partial charge < -0.3 is 14.4 Å². The molecule has 0 amide bonds. The molecule has 2 aromatic carbocycles. The maximum absolute atomic E-state index is 9.40. The molecule has 0 N–H and O–H groups in total. The molecular weight excluding hydrogens is 384 g/mol. The lowest BCUT2D eigenvalue weighted by molar-refractivity contribution is 0.0251. The van der Waals surface area contributed by atoms with Crippen LogP contribution in [0, 0.1) is 11.3 Å². The number of rotatable bonds is 5. The Hall–Kier alpha value is -2.35. The third-order valence-electron chi connectivity index (χ3n) is 7.13. The average Bonchev–Trinajstić information content (AvgIpc) is 2.84. The van der Waals surface area contributed by atoms with Crippen LogP contribution in [0.5, 0.6) is 5.75 Å². The smallest absolute Gasteiger partial charge is 0.122 e. The highest BCUT2D eigenvalue weighted by molar-refractivity contribution is 5.66. The summed E-state index contributed by atoms with van der Waals surface area (Å²) in [6.45, 7) is 8.04. The summed E-state index contributed by atoms with van der Waals surface area (Å²) in [7, 11) is 1.77. The van der Waals surface area contributed by atoms with E-state index in [1.54, 1.807) is 7.11 Å². The van der Waals surface area contributed by atoms with Crippen molar-refractivity contribution in [3.63, 3.8) is 0 Å². The van der Waals surface area contributed by atoms with Gasteiger partial charge in [-0.2, -0.15) is 5.26 Å². The van der Waals surface area contributed by atoms with Crippen LogP contribution in [0.1, 0.15) is 56.6 Å². The first-order chi connectivity index (χ1) is 15.0. The minimum absolute atomic E-state index is 0.470. The van der Waals surface area contributed by atoms with Gasteiger partial charge in [-0.15, -0.1) is 0 Å². The molecule has 0 aliphatic carbocycles. The lowest BCUT2D eigenvalue weighted by Crippen LogP contribution is -2.43. The number of hydrogen-bond acceptors (Lipinski definition) is 4. The highest BCUT2D eigenvalue weighted by Crippen LogP contribution is 2.38. The average molecular weight is 419 g/mol. The largest absolute Gasteiger partial charge is 0.496 e. The van der Waals surface area contributed by atoms with Gasteiger partial charge in [-0.25, -0.2) is 0 Å². The van der Waals surface area contributed by atoms with E-state index >= 15 is 0 Å². The molecule has 0 bridgehead atoms. The Bertz CT molecular complexity index is 915. The Labute approximate surface area is 186 Å². The highest BCUT2D eigenvalue weighted by Gasteiger charge is 2.28. The molecule has 2 aliphatic heterocycles. The first kappa shape index (κ1) is 21.9. The first-order valence-corrected chi connectivity index (χ1v) is 11.5. The van der Waals surface area contributed by atoms with Crippen molar-refractivity contribution in [1.82, 2.24) is 4.90 Å². The zero-order chi connectivity index (χ0) is 21.8. The molecule has 2 aliphatic rings. The van der Waals surface area contributed by atoms with E-state index < -0.39 is 5.41 Å². The minimum Gasteiger partial charge on any atom is -0.496 e. The normalized spacial score (nSPS) is 19.2. The van der Waals surface area contributed by atoms with Crippen LogP contribution in [0.3, 0.4) is 0 Å². The van der Waals surface area contributed by atoms with Crippen molar-refractivity contribution < 1.29 is 9.47 Å². The predicted octanol–water partition coefficient (Wildman–Crippen LogP) is 5.52. The van der Waals surface area contributed by atoms with Gasteiger partial charge in [0, 0.05) is 19.3 Å². The lowest BCUT2D eigenvalue weighted by Gasteiger charge is -2.39. The van der Waals surface area contributed by atoms with Gasteiger partial charge in [-0.1, -0.05) is 30.3 Å². The van der Waals surface area contributed by atoms with E-state index in [0.29, 0.717) is 12.0 Å². The van der Waals surface area contributed by atoms with E-state index in [9.17, 15) is 5.26 Å². The van der Waals surface area contributed by atoms with Gasteiger partial charge >= 0.3 is 0 Å². The molecule has 0 radical (unpaired) electrons. The molecular formula is C27H34N2O2. The molecule has 0 spiro atoms. The summed E-state index contributed by atoms with van der Waals surface area (Å²) in [5.41, 5.74) is 4.30. The topological polar surface area (TPSA) is 45.5 Å². The van der Waals surface area contributed by atoms with Crippen molar-refractivity contribution in [2.45, 2.75) is 56.9 Å². The molecule has 4 heteroatoms. The van der Waals surface area contributed by atoms with Gasteiger partial charge in [0.15, 0.2) is 0 Å². The van der Waals surface area contributed by atoms with E-state index in [1.165, 1.54) is 42.4 Å². The van der Waals surface area contributed by atoms with E-state index in [-0.39, 0.29) is 0 Å². The standard InChI is InChI=1S/C27H34N2O2/c1-27(2,19-28)23-7-4-20(5-8-23)22-6-9-26(30-3)25(18-22)21-10-14-29(15-11-21)24-12-16-31-17-13-24/h4-9,18,21,24H,10-17H2,1-3H3. The molecule has 0 aromatic heterocycles. The minimum atomic E-state index is -0.470. The van der Waals surface area contributed by atoms with E-state index in [2.05, 4.69) is 53.4 Å². The molecule has 0 saturated carbocycles. The maximum Gasteiger partial charge on any atom is 0.122 e. The molecule has 2 fully saturated rings. The van der Waals surface area contributed by atoms with Crippen LogP contribution in [0.2, 0.25) is 0 Å². The zero-order valence-electron chi connectivity index (χ0n) is 19.1. The second-order valence-electron chi connectivity index (χ2n) is 9.42. The molecule has 4 nitrogen and oxygen atoms in total. The fourth-order valence-corrected chi connectivity index (χ4v) is 5.00. The van der Waals surface area contributed by atoms with E-state index in [4.69, 9.17) is 9.47 Å². The Balaban J connectivity index is 1.51. The van der Waals surface area contributed by atoms with Crippen molar-refractivity contribution in [3.8, 4) is 22.9 Å². The molecule has 0 unspecified atom stereocenters. The summed E-state index contributed by atoms with van der Waals surface area (Å²) < 4.78 is 11.3. The zero-order valence-corrected chi connectivity index (χ0v) is 19.1. The molecule has 2 aromatic rings. The molecule has 0 atom stereocenters. The summed E-state index contributed by atoms with van der Waals surface area (Å²) in [5, 5.41) is 9.40. The van der Waals surface area contributed by atoms with Crippen LogP contribution in [0.4, 0.5) is 0 Å². The summed E-state index contributed by atoms with van der Waals surface area (Å²) in [6.07, 6.45) is 4.68. The third kappa shape index (κ3) is 4.79. The Morgan fingerprint density at radius 2 is 1.61 bits per heavy atom. The second kappa shape index (κ2) is 9.42. The number of likely N-dealkylation sites (tertiary alicyclic amines) is 1. The SMILES string of the molecule is COc1ccc(-c2ccc(C(C)(C)C#N)cc2)cc1C1CCN(C2CCOCC2)CC1. The van der Waals surface area contributed by atoms with Crippen LogP contribution in [0.15, 0.2) is 42.5 Å². The quantitative estimate of drug-likeness (QED) is 0.641. The summed E-state index contributed by atoms with van der Waals surface area (Å²) in [4.78, 5) is 2.67. The van der Waals surface area contributed by atoms with Crippen molar-refractivity contribution in [3.05, 3.63) is 53.6 Å². The Kier molecular flexibility index (Phi) is 6.65. The van der Waals surface area contributed by atoms with Crippen LogP contribution < -0.4 is 4.74 Å². The number of nitriles is 1. The number of piperidine rings is 1. The molecule has 31 heavy (non-hydrogen) atoms. The van der Waals surface area contributed by atoms with Crippen LogP contribution in [-0.2, 0) is 10.2 Å².